The molecule has 80 valence electrons. The Morgan fingerprint density at radius 3 is 2.33 bits per heavy atom. The Balaban J connectivity index is 2.57. The molecule has 0 atom stereocenters. The van der Waals surface area contributed by atoms with Gasteiger partial charge < -0.3 is 9.84 Å². The van der Waals surface area contributed by atoms with E-state index in [0.29, 0.717) is 4.43 Å². The molecule has 1 N–H and O–H groups in total. The highest BCUT2D eigenvalue weighted by Gasteiger charge is 2.03. The van der Waals surface area contributed by atoms with Gasteiger partial charge in [0.25, 0.3) is 0 Å². The smallest absolute Gasteiger partial charge is 0.335 e. The van der Waals surface area contributed by atoms with E-state index in [1.807, 2.05) is 22.6 Å². The Morgan fingerprint density at radius 1 is 1.27 bits per heavy atom. The molecular formula is C10H9IO4. The number of carboxylic acids is 1. The molecule has 0 unspecified atom stereocenters. The first kappa shape index (κ1) is 12.0. The highest BCUT2D eigenvalue weighted by Crippen LogP contribution is 2.06. The van der Waals surface area contributed by atoms with Gasteiger partial charge in [-0.3, -0.25) is 4.79 Å². The summed E-state index contributed by atoms with van der Waals surface area (Å²) in [6.45, 7) is 0.182. The van der Waals surface area contributed by atoms with Crippen LogP contribution < -0.4 is 0 Å². The number of benzene rings is 1. The summed E-state index contributed by atoms with van der Waals surface area (Å²) in [6.07, 6.45) is 0. The number of esters is 1. The maximum Gasteiger partial charge on any atom is 0.335 e. The van der Waals surface area contributed by atoms with Crippen molar-refractivity contribution in [1.29, 1.82) is 0 Å². The van der Waals surface area contributed by atoms with Crippen LogP contribution in [0.25, 0.3) is 0 Å². The molecule has 15 heavy (non-hydrogen) atoms. The van der Waals surface area contributed by atoms with E-state index in [9.17, 15) is 9.59 Å². The van der Waals surface area contributed by atoms with E-state index in [1.165, 1.54) is 12.1 Å². The Kier molecular flexibility index (Phi) is 4.54. The van der Waals surface area contributed by atoms with Gasteiger partial charge in [-0.05, 0) is 17.7 Å². The molecule has 0 aliphatic rings. The molecule has 0 aromatic heterocycles. The van der Waals surface area contributed by atoms with E-state index in [-0.39, 0.29) is 18.1 Å². The van der Waals surface area contributed by atoms with Gasteiger partial charge in [0.15, 0.2) is 0 Å². The van der Waals surface area contributed by atoms with Gasteiger partial charge in [-0.25, -0.2) is 4.79 Å². The van der Waals surface area contributed by atoms with E-state index in [0.717, 1.165) is 5.56 Å². The molecule has 5 heteroatoms. The highest BCUT2D eigenvalue weighted by molar-refractivity contribution is 14.1. The SMILES string of the molecule is O=C(CI)OCc1ccc(C(=O)O)cc1. The number of halogens is 1. The quantitative estimate of drug-likeness (QED) is 0.523. The maximum atomic E-state index is 10.8. The third kappa shape index (κ3) is 3.86. The normalized spacial score (nSPS) is 9.67. The standard InChI is InChI=1S/C10H9IO4/c11-5-9(12)15-6-7-1-3-8(4-2-7)10(13)14/h1-4H,5-6H2,(H,13,14). The van der Waals surface area contributed by atoms with Gasteiger partial charge in [-0.15, -0.1) is 0 Å². The number of ether oxygens (including phenoxy) is 1. The van der Waals surface area contributed by atoms with Crippen molar-refractivity contribution in [2.45, 2.75) is 6.61 Å². The van der Waals surface area contributed by atoms with E-state index in [4.69, 9.17) is 9.84 Å². The molecule has 0 saturated heterocycles. The van der Waals surface area contributed by atoms with E-state index < -0.39 is 5.97 Å². The molecule has 0 fully saturated rings. The summed E-state index contributed by atoms with van der Waals surface area (Å²) in [4.78, 5) is 21.4. The van der Waals surface area contributed by atoms with Crippen LogP contribution in [-0.2, 0) is 16.1 Å². The Labute approximate surface area is 100 Å². The summed E-state index contributed by atoms with van der Waals surface area (Å²) >= 11 is 1.92. The minimum Gasteiger partial charge on any atom is -0.478 e. The lowest BCUT2D eigenvalue weighted by Crippen LogP contribution is -2.05. The van der Waals surface area contributed by atoms with Crippen molar-refractivity contribution in [3.05, 3.63) is 35.4 Å². The third-order valence-electron chi connectivity index (χ3n) is 1.71. The van der Waals surface area contributed by atoms with Crippen molar-refractivity contribution in [2.75, 3.05) is 4.43 Å². The number of rotatable bonds is 4. The highest BCUT2D eigenvalue weighted by atomic mass is 127. The Morgan fingerprint density at radius 2 is 1.87 bits per heavy atom. The van der Waals surface area contributed by atoms with Gasteiger partial charge in [-0.1, -0.05) is 34.7 Å². The first-order chi connectivity index (χ1) is 7.13. The first-order valence-electron chi connectivity index (χ1n) is 4.17. The van der Waals surface area contributed by atoms with Gasteiger partial charge in [0.05, 0.1) is 9.99 Å². The second kappa shape index (κ2) is 5.69. The molecule has 0 saturated carbocycles. The lowest BCUT2D eigenvalue weighted by Gasteiger charge is -2.03. The van der Waals surface area contributed by atoms with Crippen LogP contribution in [-0.4, -0.2) is 21.5 Å². The van der Waals surface area contributed by atoms with Crippen LogP contribution in [0.15, 0.2) is 24.3 Å². The third-order valence-corrected chi connectivity index (χ3v) is 2.33. The van der Waals surface area contributed by atoms with Crippen molar-refractivity contribution < 1.29 is 19.4 Å². The topological polar surface area (TPSA) is 63.6 Å². The summed E-state index contributed by atoms with van der Waals surface area (Å²) in [6, 6.07) is 6.22. The molecular weight excluding hydrogens is 311 g/mol. The number of carboxylic acid groups (broad SMARTS) is 1. The zero-order valence-corrected chi connectivity index (χ0v) is 9.93. The summed E-state index contributed by atoms with van der Waals surface area (Å²) in [5, 5.41) is 8.65. The maximum absolute atomic E-state index is 10.8. The molecule has 0 amide bonds. The molecule has 0 aliphatic heterocycles. The zero-order chi connectivity index (χ0) is 11.3. The van der Waals surface area contributed by atoms with Crippen molar-refractivity contribution in [1.82, 2.24) is 0 Å². The molecule has 0 aliphatic carbocycles. The average molecular weight is 320 g/mol. The molecule has 0 heterocycles. The van der Waals surface area contributed by atoms with Crippen molar-refractivity contribution in [3.63, 3.8) is 0 Å². The van der Waals surface area contributed by atoms with Crippen molar-refractivity contribution in [3.8, 4) is 0 Å². The van der Waals surface area contributed by atoms with Crippen LogP contribution in [0.5, 0.6) is 0 Å². The lowest BCUT2D eigenvalue weighted by atomic mass is 10.1. The molecule has 0 radical (unpaired) electrons. The largest absolute Gasteiger partial charge is 0.478 e. The summed E-state index contributed by atoms with van der Waals surface area (Å²) in [5.74, 6) is -1.25. The van der Waals surface area contributed by atoms with Crippen LogP contribution in [0.4, 0.5) is 0 Å². The van der Waals surface area contributed by atoms with Crippen LogP contribution in [0.2, 0.25) is 0 Å². The Hall–Kier alpha value is -1.11. The molecule has 4 nitrogen and oxygen atoms in total. The second-order valence-electron chi connectivity index (χ2n) is 2.80. The zero-order valence-electron chi connectivity index (χ0n) is 7.77. The van der Waals surface area contributed by atoms with Crippen LogP contribution in [0, 0.1) is 0 Å². The predicted molar refractivity (Wildman–Crippen MR) is 62.1 cm³/mol. The fourth-order valence-corrected chi connectivity index (χ4v) is 1.17. The minimum atomic E-state index is -0.967. The second-order valence-corrected chi connectivity index (χ2v) is 3.56. The number of alkyl halides is 1. The molecule has 1 aromatic carbocycles. The predicted octanol–water partition coefficient (Wildman–Crippen LogP) is 1.86. The van der Waals surface area contributed by atoms with Crippen molar-refractivity contribution >= 4 is 34.5 Å². The van der Waals surface area contributed by atoms with E-state index in [1.54, 1.807) is 12.1 Å². The summed E-state index contributed by atoms with van der Waals surface area (Å²) in [5.41, 5.74) is 0.997. The minimum absolute atomic E-state index is 0.182. The van der Waals surface area contributed by atoms with Crippen LogP contribution in [0.1, 0.15) is 15.9 Å². The van der Waals surface area contributed by atoms with Crippen molar-refractivity contribution in [2.24, 2.45) is 0 Å². The number of carbonyl (C=O) groups is 2. The monoisotopic (exact) mass is 320 g/mol. The van der Waals surface area contributed by atoms with Gasteiger partial charge in [-0.2, -0.15) is 0 Å². The number of hydrogen-bond donors (Lipinski definition) is 1. The van der Waals surface area contributed by atoms with Gasteiger partial charge in [0.1, 0.15) is 6.61 Å². The van der Waals surface area contributed by atoms with E-state index in [2.05, 4.69) is 0 Å². The molecule has 1 rings (SSSR count). The fourth-order valence-electron chi connectivity index (χ4n) is 0.946. The van der Waals surface area contributed by atoms with Crippen LogP contribution in [0.3, 0.4) is 0 Å². The number of aromatic carboxylic acids is 1. The lowest BCUT2D eigenvalue weighted by molar-refractivity contribution is -0.141. The van der Waals surface area contributed by atoms with Crippen LogP contribution >= 0.6 is 22.6 Å². The summed E-state index contributed by atoms with van der Waals surface area (Å²) < 4.78 is 5.19. The first-order valence-corrected chi connectivity index (χ1v) is 5.70. The number of carbonyl (C=O) groups excluding carboxylic acids is 1. The summed E-state index contributed by atoms with van der Waals surface area (Å²) in [7, 11) is 0. The van der Waals surface area contributed by atoms with Gasteiger partial charge in [0, 0.05) is 0 Å². The fraction of sp³-hybridized carbons (Fsp3) is 0.200. The van der Waals surface area contributed by atoms with Gasteiger partial charge >= 0.3 is 11.9 Å². The molecule has 1 aromatic rings. The van der Waals surface area contributed by atoms with Gasteiger partial charge in [0.2, 0.25) is 0 Å². The molecule has 0 bridgehead atoms. The number of hydrogen-bond acceptors (Lipinski definition) is 3. The molecule has 0 spiro atoms. The Bertz CT molecular complexity index is 358. The average Bonchev–Trinajstić information content (AvgIpc) is 2.26. The van der Waals surface area contributed by atoms with E-state index >= 15 is 0 Å².